The summed E-state index contributed by atoms with van der Waals surface area (Å²) in [6.07, 6.45) is 7.74. The molecule has 1 fully saturated rings. The van der Waals surface area contributed by atoms with Crippen molar-refractivity contribution >= 4 is 21.6 Å². The van der Waals surface area contributed by atoms with Gasteiger partial charge in [0.2, 0.25) is 0 Å². The third kappa shape index (κ3) is 3.09. The second kappa shape index (κ2) is 6.02. The molecule has 5 heteroatoms. The van der Waals surface area contributed by atoms with Crippen molar-refractivity contribution < 1.29 is 0 Å². The van der Waals surface area contributed by atoms with E-state index >= 15 is 0 Å². The molecule has 0 aliphatic heterocycles. The molecule has 2 aromatic heterocycles. The van der Waals surface area contributed by atoms with Gasteiger partial charge in [-0.05, 0) is 56.0 Å². The smallest absolute Gasteiger partial charge is 0.262 e. The lowest BCUT2D eigenvalue weighted by atomic mass is 9.93. The van der Waals surface area contributed by atoms with Crippen molar-refractivity contribution in [1.29, 1.82) is 0 Å². The third-order valence-electron chi connectivity index (χ3n) is 4.99. The first-order chi connectivity index (χ1) is 11.1. The Hall–Kier alpha value is -1.20. The van der Waals surface area contributed by atoms with Crippen LogP contribution in [0.1, 0.15) is 43.6 Å². The maximum atomic E-state index is 12.8. The quantitative estimate of drug-likeness (QED) is 0.916. The minimum Gasteiger partial charge on any atom is -0.313 e. The van der Waals surface area contributed by atoms with Crippen molar-refractivity contribution in [2.24, 2.45) is 11.8 Å². The van der Waals surface area contributed by atoms with Gasteiger partial charge in [0.25, 0.3) is 5.56 Å². The molecule has 0 saturated heterocycles. The van der Waals surface area contributed by atoms with E-state index in [-0.39, 0.29) is 5.56 Å². The van der Waals surface area contributed by atoms with Gasteiger partial charge in [-0.3, -0.25) is 9.36 Å². The van der Waals surface area contributed by atoms with E-state index in [1.165, 1.54) is 29.8 Å². The summed E-state index contributed by atoms with van der Waals surface area (Å²) in [6.45, 7) is 6.19. The predicted molar refractivity (Wildman–Crippen MR) is 95.3 cm³/mol. The van der Waals surface area contributed by atoms with E-state index in [2.05, 4.69) is 24.1 Å². The molecule has 2 heterocycles. The monoisotopic (exact) mass is 331 g/mol. The number of fused-ring (bicyclic) bond motifs is 3. The van der Waals surface area contributed by atoms with Crippen LogP contribution in [0.25, 0.3) is 10.2 Å². The molecule has 1 unspecified atom stereocenters. The molecule has 0 bridgehead atoms. The van der Waals surface area contributed by atoms with E-state index in [0.717, 1.165) is 41.9 Å². The summed E-state index contributed by atoms with van der Waals surface area (Å²) in [6, 6.07) is 0.578. The van der Waals surface area contributed by atoms with Crippen molar-refractivity contribution in [1.82, 2.24) is 14.9 Å². The Kier molecular flexibility index (Phi) is 4.01. The number of hydrogen-bond donors (Lipinski definition) is 1. The van der Waals surface area contributed by atoms with Crippen LogP contribution in [-0.4, -0.2) is 22.1 Å². The Morgan fingerprint density at radius 3 is 2.96 bits per heavy atom. The lowest BCUT2D eigenvalue weighted by molar-refractivity contribution is 0.453. The van der Waals surface area contributed by atoms with Gasteiger partial charge >= 0.3 is 0 Å². The van der Waals surface area contributed by atoms with Gasteiger partial charge in [-0.2, -0.15) is 0 Å². The highest BCUT2D eigenvalue weighted by Gasteiger charge is 2.27. The molecule has 4 rings (SSSR count). The van der Waals surface area contributed by atoms with E-state index < -0.39 is 0 Å². The van der Waals surface area contributed by atoms with Gasteiger partial charge in [-0.15, -0.1) is 11.3 Å². The van der Waals surface area contributed by atoms with Crippen molar-refractivity contribution in [3.63, 3.8) is 0 Å². The van der Waals surface area contributed by atoms with Gasteiger partial charge in [0.15, 0.2) is 0 Å². The molecule has 0 spiro atoms. The number of nitrogens with zero attached hydrogens (tertiary/aromatic N) is 2. The molecular formula is C18H25N3OS. The lowest BCUT2D eigenvalue weighted by Gasteiger charge is -2.23. The van der Waals surface area contributed by atoms with Gasteiger partial charge in [0.1, 0.15) is 4.83 Å². The fraction of sp³-hybridized carbons (Fsp3) is 0.667. The van der Waals surface area contributed by atoms with E-state index in [1.807, 2.05) is 0 Å². The molecule has 23 heavy (non-hydrogen) atoms. The highest BCUT2D eigenvalue weighted by Crippen LogP contribution is 2.34. The maximum absolute atomic E-state index is 12.8. The molecule has 1 saturated carbocycles. The van der Waals surface area contributed by atoms with Gasteiger partial charge < -0.3 is 5.32 Å². The molecule has 124 valence electrons. The average molecular weight is 331 g/mol. The van der Waals surface area contributed by atoms with Gasteiger partial charge in [-0.1, -0.05) is 13.8 Å². The Bertz CT molecular complexity index is 772. The zero-order valence-electron chi connectivity index (χ0n) is 14.0. The first kappa shape index (κ1) is 15.3. The fourth-order valence-corrected chi connectivity index (χ4v) is 4.81. The normalized spacial score (nSPS) is 21.1. The van der Waals surface area contributed by atoms with Gasteiger partial charge in [0.05, 0.1) is 11.7 Å². The number of hydrogen-bond acceptors (Lipinski definition) is 4. The largest absolute Gasteiger partial charge is 0.313 e. The molecule has 1 atom stereocenters. The first-order valence-electron chi connectivity index (χ1n) is 8.85. The molecule has 0 amide bonds. The molecular weight excluding hydrogens is 306 g/mol. The fourth-order valence-electron chi connectivity index (χ4n) is 3.55. The summed E-state index contributed by atoms with van der Waals surface area (Å²) in [5.74, 6) is 1.38. The van der Waals surface area contributed by atoms with Crippen LogP contribution in [0.3, 0.4) is 0 Å². The van der Waals surface area contributed by atoms with E-state index in [4.69, 9.17) is 0 Å². The molecule has 0 aromatic carbocycles. The van der Waals surface area contributed by atoms with Crippen molar-refractivity contribution in [2.75, 3.05) is 6.54 Å². The van der Waals surface area contributed by atoms with Crippen LogP contribution in [0.4, 0.5) is 0 Å². The standard InChI is InChI=1S/C18H25N3OS/c1-11(2)9-21-10-20-17-16(18(21)22)14-6-5-13(7-15(14)23-17)19-8-12-3-4-12/h10-13,19H,3-9H2,1-2H3. The SMILES string of the molecule is CC(C)Cn1cnc2sc3c(c2c1=O)CCC(NCC1CC1)C3. The summed E-state index contributed by atoms with van der Waals surface area (Å²) >= 11 is 1.73. The van der Waals surface area contributed by atoms with Crippen LogP contribution in [0, 0.1) is 11.8 Å². The lowest BCUT2D eigenvalue weighted by Crippen LogP contribution is -2.35. The van der Waals surface area contributed by atoms with Crippen LogP contribution in [0.5, 0.6) is 0 Å². The summed E-state index contributed by atoms with van der Waals surface area (Å²) in [4.78, 5) is 19.7. The molecule has 2 aliphatic carbocycles. The van der Waals surface area contributed by atoms with Crippen LogP contribution in [0.15, 0.2) is 11.1 Å². The summed E-state index contributed by atoms with van der Waals surface area (Å²) in [7, 11) is 0. The molecule has 1 N–H and O–H groups in total. The van der Waals surface area contributed by atoms with Crippen LogP contribution in [0.2, 0.25) is 0 Å². The van der Waals surface area contributed by atoms with Gasteiger partial charge in [0, 0.05) is 17.5 Å². The average Bonchev–Trinajstić information content (AvgIpc) is 3.27. The highest BCUT2D eigenvalue weighted by molar-refractivity contribution is 7.18. The number of nitrogens with one attached hydrogen (secondary N) is 1. The van der Waals surface area contributed by atoms with Crippen molar-refractivity contribution in [3.8, 4) is 0 Å². The minimum atomic E-state index is 0.158. The Morgan fingerprint density at radius 2 is 2.22 bits per heavy atom. The number of thiophene rings is 1. The van der Waals surface area contributed by atoms with Crippen molar-refractivity contribution in [3.05, 3.63) is 27.1 Å². The second-order valence-corrected chi connectivity index (χ2v) is 8.65. The third-order valence-corrected chi connectivity index (χ3v) is 6.15. The second-order valence-electron chi connectivity index (χ2n) is 7.57. The number of aryl methyl sites for hydroxylation is 1. The molecule has 4 nitrogen and oxygen atoms in total. The van der Waals surface area contributed by atoms with Gasteiger partial charge in [-0.25, -0.2) is 4.98 Å². The van der Waals surface area contributed by atoms with Crippen molar-refractivity contribution in [2.45, 2.75) is 58.5 Å². The summed E-state index contributed by atoms with van der Waals surface area (Å²) in [5, 5.41) is 4.62. The highest BCUT2D eigenvalue weighted by atomic mass is 32.1. The maximum Gasteiger partial charge on any atom is 0.262 e. The van der Waals surface area contributed by atoms with E-state index in [9.17, 15) is 4.79 Å². The Morgan fingerprint density at radius 1 is 1.39 bits per heavy atom. The van der Waals surface area contributed by atoms with Crippen LogP contribution >= 0.6 is 11.3 Å². The molecule has 2 aliphatic rings. The number of aromatic nitrogens is 2. The zero-order valence-corrected chi connectivity index (χ0v) is 14.8. The Labute approximate surface area is 140 Å². The molecule has 0 radical (unpaired) electrons. The van der Waals surface area contributed by atoms with E-state index in [0.29, 0.717) is 12.0 Å². The van der Waals surface area contributed by atoms with Crippen LogP contribution in [-0.2, 0) is 19.4 Å². The minimum absolute atomic E-state index is 0.158. The molecule has 2 aromatic rings. The number of rotatable bonds is 5. The first-order valence-corrected chi connectivity index (χ1v) is 9.66. The van der Waals surface area contributed by atoms with Crippen LogP contribution < -0.4 is 10.9 Å². The Balaban J connectivity index is 1.62. The summed E-state index contributed by atoms with van der Waals surface area (Å²) in [5.41, 5.74) is 1.44. The predicted octanol–water partition coefficient (Wildman–Crippen LogP) is 2.97. The summed E-state index contributed by atoms with van der Waals surface area (Å²) < 4.78 is 1.79. The topological polar surface area (TPSA) is 46.9 Å². The zero-order chi connectivity index (χ0) is 16.0. The van der Waals surface area contributed by atoms with E-state index in [1.54, 1.807) is 22.2 Å².